The molecule has 29 heavy (non-hydrogen) atoms. The zero-order valence-corrected chi connectivity index (χ0v) is 19.4. The van der Waals surface area contributed by atoms with Crippen LogP contribution in [0.1, 0.15) is 77.6 Å². The van der Waals surface area contributed by atoms with Crippen molar-refractivity contribution >= 4 is 0 Å². The zero-order valence-electron chi connectivity index (χ0n) is 19.4. The van der Waals surface area contributed by atoms with E-state index in [1.54, 1.807) is 0 Å². The monoisotopic (exact) mass is 384 g/mol. The summed E-state index contributed by atoms with van der Waals surface area (Å²) in [5.41, 5.74) is 9.20. The fourth-order valence-electron chi connectivity index (χ4n) is 4.14. The van der Waals surface area contributed by atoms with Crippen molar-refractivity contribution in [3.8, 4) is 11.1 Å². The Morgan fingerprint density at radius 3 is 1.10 bits per heavy atom. The quantitative estimate of drug-likeness (QED) is 0.366. The summed E-state index contributed by atoms with van der Waals surface area (Å²) in [5.74, 6) is 0. The van der Waals surface area contributed by atoms with Crippen LogP contribution in [0.3, 0.4) is 0 Å². The van der Waals surface area contributed by atoms with Crippen LogP contribution in [0.2, 0.25) is 0 Å². The van der Waals surface area contributed by atoms with Gasteiger partial charge in [-0.3, -0.25) is 0 Å². The summed E-state index contributed by atoms with van der Waals surface area (Å²) in [5, 5.41) is 0. The Labute approximate surface area is 178 Å². The fourth-order valence-corrected chi connectivity index (χ4v) is 4.14. The predicted octanol–water partition coefficient (Wildman–Crippen LogP) is 8.27. The van der Waals surface area contributed by atoms with Crippen LogP contribution in [-0.2, 0) is 16.2 Å². The molecule has 1 aliphatic carbocycles. The highest BCUT2D eigenvalue weighted by Crippen LogP contribution is 2.47. The van der Waals surface area contributed by atoms with Gasteiger partial charge in [-0.15, -0.1) is 0 Å². The summed E-state index contributed by atoms with van der Waals surface area (Å²) >= 11 is 0. The molecular weight excluding hydrogens is 348 g/mol. The smallest absolute Gasteiger partial charge is 0.0158 e. The molecule has 0 radical (unpaired) electrons. The van der Waals surface area contributed by atoms with Crippen molar-refractivity contribution in [2.45, 2.75) is 71.6 Å². The summed E-state index contributed by atoms with van der Waals surface area (Å²) < 4.78 is 0. The lowest BCUT2D eigenvalue weighted by atomic mass is 9.82. The van der Waals surface area contributed by atoms with Gasteiger partial charge in [0.1, 0.15) is 0 Å². The molecule has 0 heterocycles. The van der Waals surface area contributed by atoms with E-state index in [1.807, 2.05) is 0 Å². The Kier molecular flexibility index (Phi) is 5.52. The van der Waals surface area contributed by atoms with Gasteiger partial charge in [-0.2, -0.15) is 0 Å². The molecule has 0 saturated carbocycles. The van der Waals surface area contributed by atoms with Gasteiger partial charge in [0.15, 0.2) is 0 Å². The third-order valence-corrected chi connectivity index (χ3v) is 6.11. The lowest BCUT2D eigenvalue weighted by Crippen LogP contribution is -2.14. The predicted molar refractivity (Wildman–Crippen MR) is 128 cm³/mol. The van der Waals surface area contributed by atoms with Crippen molar-refractivity contribution in [3.63, 3.8) is 0 Å². The summed E-state index contributed by atoms with van der Waals surface area (Å²) in [6.07, 6.45) is 0. The van der Waals surface area contributed by atoms with Gasteiger partial charge >= 0.3 is 0 Å². The molecule has 0 bridgehead atoms. The highest BCUT2D eigenvalue weighted by molar-refractivity contribution is 5.80. The van der Waals surface area contributed by atoms with Crippen LogP contribution in [0.5, 0.6) is 0 Å². The lowest BCUT2D eigenvalue weighted by Gasteiger charge is -2.23. The molecule has 3 aromatic carbocycles. The second-order valence-electron chi connectivity index (χ2n) is 10.8. The standard InChI is InChI=1S/C15H14.C14H22/c1-15(2)13-9-5-3-7-11(13)12-8-4-6-10-14(12)15;1-13(2,3)11-7-9-12(10-8-11)14(4,5)6/h3-10H,1-2H3;7-10H,1-6H3. The summed E-state index contributed by atoms with van der Waals surface area (Å²) in [7, 11) is 0. The molecule has 0 spiro atoms. The van der Waals surface area contributed by atoms with E-state index >= 15 is 0 Å². The molecule has 0 unspecified atom stereocenters. The zero-order chi connectivity index (χ0) is 21.4. The molecular formula is C29H36. The van der Waals surface area contributed by atoms with Gasteiger partial charge in [0, 0.05) is 5.41 Å². The summed E-state index contributed by atoms with van der Waals surface area (Å²) in [6, 6.07) is 26.5. The largest absolute Gasteiger partial charge is 0.0619 e. The Hall–Kier alpha value is -2.34. The number of fused-ring (bicyclic) bond motifs is 3. The second-order valence-corrected chi connectivity index (χ2v) is 10.8. The van der Waals surface area contributed by atoms with Crippen molar-refractivity contribution in [1.29, 1.82) is 0 Å². The van der Waals surface area contributed by atoms with Gasteiger partial charge in [-0.05, 0) is 44.2 Å². The molecule has 0 nitrogen and oxygen atoms in total. The maximum absolute atomic E-state index is 2.30. The van der Waals surface area contributed by atoms with E-state index in [4.69, 9.17) is 0 Å². The number of benzene rings is 3. The van der Waals surface area contributed by atoms with Gasteiger partial charge in [-0.1, -0.05) is 128 Å². The molecule has 0 amide bonds. The average molecular weight is 385 g/mol. The number of rotatable bonds is 0. The first kappa shape index (κ1) is 21.4. The highest BCUT2D eigenvalue weighted by Gasteiger charge is 2.34. The van der Waals surface area contributed by atoms with E-state index in [2.05, 4.69) is 128 Å². The number of hydrogen-bond donors (Lipinski definition) is 0. The third-order valence-electron chi connectivity index (χ3n) is 6.11. The van der Waals surface area contributed by atoms with E-state index in [0.717, 1.165) is 0 Å². The second kappa shape index (κ2) is 7.48. The van der Waals surface area contributed by atoms with Crippen molar-refractivity contribution in [3.05, 3.63) is 95.1 Å². The first-order chi connectivity index (χ1) is 13.4. The third kappa shape index (κ3) is 4.32. The SMILES string of the molecule is CC(C)(C)c1ccc(C(C)(C)C)cc1.CC1(C)c2ccccc2-c2ccccc21. The Balaban J connectivity index is 0.000000166. The van der Waals surface area contributed by atoms with E-state index in [1.165, 1.54) is 33.4 Å². The van der Waals surface area contributed by atoms with Crippen LogP contribution < -0.4 is 0 Å². The first-order valence-electron chi connectivity index (χ1n) is 10.7. The van der Waals surface area contributed by atoms with Crippen molar-refractivity contribution in [2.24, 2.45) is 0 Å². The van der Waals surface area contributed by atoms with Gasteiger partial charge in [-0.25, -0.2) is 0 Å². The molecule has 0 saturated heterocycles. The molecule has 0 atom stereocenters. The fraction of sp³-hybridized carbons (Fsp3) is 0.379. The van der Waals surface area contributed by atoms with Gasteiger partial charge in [0.25, 0.3) is 0 Å². The molecule has 1 aliphatic rings. The molecule has 0 aliphatic heterocycles. The lowest BCUT2D eigenvalue weighted by molar-refractivity contribution is 0.577. The minimum absolute atomic E-state index is 0.160. The Morgan fingerprint density at radius 1 is 0.483 bits per heavy atom. The Bertz CT molecular complexity index is 893. The Morgan fingerprint density at radius 2 is 0.793 bits per heavy atom. The van der Waals surface area contributed by atoms with Gasteiger partial charge in [0.05, 0.1) is 0 Å². The minimum Gasteiger partial charge on any atom is -0.0619 e. The average Bonchev–Trinajstić information content (AvgIpc) is 2.90. The van der Waals surface area contributed by atoms with Crippen LogP contribution in [0.25, 0.3) is 11.1 Å². The number of hydrogen-bond acceptors (Lipinski definition) is 0. The van der Waals surface area contributed by atoms with E-state index in [0.29, 0.717) is 0 Å². The van der Waals surface area contributed by atoms with Crippen LogP contribution >= 0.6 is 0 Å². The maximum Gasteiger partial charge on any atom is 0.0158 e. The van der Waals surface area contributed by atoms with E-state index < -0.39 is 0 Å². The molecule has 152 valence electrons. The molecule has 4 rings (SSSR count). The highest BCUT2D eigenvalue weighted by atomic mass is 14.4. The molecule has 0 aromatic heterocycles. The van der Waals surface area contributed by atoms with Crippen LogP contribution in [0.15, 0.2) is 72.8 Å². The van der Waals surface area contributed by atoms with E-state index in [-0.39, 0.29) is 16.2 Å². The summed E-state index contributed by atoms with van der Waals surface area (Å²) in [6.45, 7) is 18.1. The molecule has 0 fully saturated rings. The molecule has 0 heteroatoms. The topological polar surface area (TPSA) is 0 Å². The first-order valence-corrected chi connectivity index (χ1v) is 10.7. The van der Waals surface area contributed by atoms with Crippen molar-refractivity contribution in [2.75, 3.05) is 0 Å². The minimum atomic E-state index is 0.160. The van der Waals surface area contributed by atoms with Gasteiger partial charge < -0.3 is 0 Å². The normalized spacial score (nSPS) is 14.5. The summed E-state index contributed by atoms with van der Waals surface area (Å²) in [4.78, 5) is 0. The van der Waals surface area contributed by atoms with Gasteiger partial charge in [0.2, 0.25) is 0 Å². The van der Waals surface area contributed by atoms with Crippen LogP contribution in [0, 0.1) is 0 Å². The molecule has 3 aromatic rings. The van der Waals surface area contributed by atoms with Crippen LogP contribution in [-0.4, -0.2) is 0 Å². The molecule has 0 N–H and O–H groups in total. The van der Waals surface area contributed by atoms with Crippen molar-refractivity contribution in [1.82, 2.24) is 0 Å². The maximum atomic E-state index is 2.30. The van der Waals surface area contributed by atoms with Crippen LogP contribution in [0.4, 0.5) is 0 Å². The van der Waals surface area contributed by atoms with E-state index in [9.17, 15) is 0 Å². The van der Waals surface area contributed by atoms with Crippen molar-refractivity contribution < 1.29 is 0 Å².